The summed E-state index contributed by atoms with van der Waals surface area (Å²) in [6, 6.07) is 16.6. The summed E-state index contributed by atoms with van der Waals surface area (Å²) in [5.41, 5.74) is 2.56. The first-order valence-electron chi connectivity index (χ1n) is 9.37. The molecule has 2 aromatic carbocycles. The van der Waals surface area contributed by atoms with Gasteiger partial charge in [-0.1, -0.05) is 24.3 Å². The van der Waals surface area contributed by atoms with Gasteiger partial charge >= 0.3 is 0 Å². The fourth-order valence-corrected chi connectivity index (χ4v) is 4.24. The first kappa shape index (κ1) is 17.8. The summed E-state index contributed by atoms with van der Waals surface area (Å²) < 4.78 is 11.4. The minimum Gasteiger partial charge on any atom is -0.485 e. The predicted molar refractivity (Wildman–Crippen MR) is 111 cm³/mol. The molecule has 1 unspecified atom stereocenters. The summed E-state index contributed by atoms with van der Waals surface area (Å²) in [5, 5.41) is 4.78. The zero-order valence-electron chi connectivity index (χ0n) is 15.5. The molecule has 0 aliphatic carbocycles. The fraction of sp³-hybridized carbons (Fsp3) is 0.182. The van der Waals surface area contributed by atoms with Crippen molar-refractivity contribution in [2.45, 2.75) is 12.5 Å². The molecule has 1 atom stereocenters. The molecule has 0 bridgehead atoms. The summed E-state index contributed by atoms with van der Waals surface area (Å²) in [5.74, 6) is 0.897. The predicted octanol–water partition coefficient (Wildman–Crippen LogP) is 3.73. The van der Waals surface area contributed by atoms with Gasteiger partial charge in [0, 0.05) is 17.9 Å². The van der Waals surface area contributed by atoms with Crippen molar-refractivity contribution in [3.63, 3.8) is 0 Å². The van der Waals surface area contributed by atoms with E-state index in [1.54, 1.807) is 11.0 Å². The first-order valence-corrected chi connectivity index (χ1v) is 10.2. The molecule has 5 rings (SSSR count). The largest absolute Gasteiger partial charge is 0.485 e. The van der Waals surface area contributed by atoms with E-state index in [0.717, 1.165) is 17.7 Å². The number of carbonyl (C=O) groups excluding carboxylic acids is 2. The average molecular weight is 406 g/mol. The van der Waals surface area contributed by atoms with Crippen LogP contribution >= 0.6 is 11.3 Å². The molecule has 7 heteroatoms. The molecule has 2 aliphatic heterocycles. The summed E-state index contributed by atoms with van der Waals surface area (Å²) in [7, 11) is 0. The number of nitrogens with zero attached hydrogens (tertiary/aromatic N) is 1. The maximum Gasteiger partial charge on any atom is 0.269 e. The van der Waals surface area contributed by atoms with Gasteiger partial charge in [-0.15, -0.1) is 11.3 Å². The Morgan fingerprint density at radius 1 is 1.07 bits per heavy atom. The highest BCUT2D eigenvalue weighted by Crippen LogP contribution is 2.34. The third kappa shape index (κ3) is 3.34. The van der Waals surface area contributed by atoms with Crippen molar-refractivity contribution in [1.29, 1.82) is 0 Å². The lowest BCUT2D eigenvalue weighted by molar-refractivity contribution is -0.125. The highest BCUT2D eigenvalue weighted by molar-refractivity contribution is 7.12. The van der Waals surface area contributed by atoms with Gasteiger partial charge in [-0.05, 0) is 47.7 Å². The molecule has 146 valence electrons. The molecule has 1 aromatic heterocycles. The van der Waals surface area contributed by atoms with Crippen LogP contribution in [0.3, 0.4) is 0 Å². The Morgan fingerprint density at radius 3 is 2.76 bits per heavy atom. The molecule has 0 saturated carbocycles. The maximum atomic E-state index is 12.8. The number of carbonyl (C=O) groups is 2. The number of fused-ring (bicyclic) bond motifs is 2. The van der Waals surface area contributed by atoms with E-state index in [1.165, 1.54) is 11.3 Å². The van der Waals surface area contributed by atoms with Crippen LogP contribution in [-0.2, 0) is 11.2 Å². The van der Waals surface area contributed by atoms with Crippen LogP contribution in [0.4, 0.5) is 11.4 Å². The van der Waals surface area contributed by atoms with Crippen molar-refractivity contribution in [2.24, 2.45) is 0 Å². The highest BCUT2D eigenvalue weighted by atomic mass is 32.1. The lowest BCUT2D eigenvalue weighted by Gasteiger charge is -2.25. The lowest BCUT2D eigenvalue weighted by atomic mass is 10.1. The van der Waals surface area contributed by atoms with E-state index in [4.69, 9.17) is 9.47 Å². The lowest BCUT2D eigenvalue weighted by Crippen LogP contribution is -2.40. The van der Waals surface area contributed by atoms with Gasteiger partial charge in [-0.25, -0.2) is 0 Å². The van der Waals surface area contributed by atoms with Crippen molar-refractivity contribution in [3.05, 3.63) is 70.4 Å². The summed E-state index contributed by atoms with van der Waals surface area (Å²) >= 11 is 1.43. The number of thiophene rings is 1. The van der Waals surface area contributed by atoms with E-state index in [-0.39, 0.29) is 18.4 Å². The van der Waals surface area contributed by atoms with E-state index >= 15 is 0 Å². The number of benzene rings is 2. The Labute approximate surface area is 171 Å². The number of hydrogen-bond acceptors (Lipinski definition) is 5. The molecule has 6 nitrogen and oxygen atoms in total. The van der Waals surface area contributed by atoms with Crippen LogP contribution in [0, 0.1) is 0 Å². The Hall–Kier alpha value is -3.32. The molecule has 0 fully saturated rings. The first-order chi connectivity index (χ1) is 14.2. The second-order valence-electron chi connectivity index (χ2n) is 6.88. The van der Waals surface area contributed by atoms with E-state index in [2.05, 4.69) is 5.32 Å². The molecule has 0 radical (unpaired) electrons. The molecule has 29 heavy (non-hydrogen) atoms. The van der Waals surface area contributed by atoms with E-state index < -0.39 is 6.10 Å². The van der Waals surface area contributed by atoms with Gasteiger partial charge in [-0.2, -0.15) is 0 Å². The normalized spacial score (nSPS) is 17.0. The van der Waals surface area contributed by atoms with Gasteiger partial charge in [0.2, 0.25) is 6.10 Å². The average Bonchev–Trinajstić information content (AvgIpc) is 3.43. The molecular formula is C22H18N2O4S. The van der Waals surface area contributed by atoms with Crippen molar-refractivity contribution >= 4 is 34.5 Å². The number of amides is 2. The SMILES string of the molecule is O=C(Nc1ccc2c(c1)N(C(=O)c1cccs1)CC2)C1COc2ccccc2O1. The van der Waals surface area contributed by atoms with Crippen LogP contribution in [-0.4, -0.2) is 31.1 Å². The molecule has 3 heterocycles. The van der Waals surface area contributed by atoms with Crippen LogP contribution in [0.15, 0.2) is 60.0 Å². The molecule has 1 N–H and O–H groups in total. The summed E-state index contributed by atoms with van der Waals surface area (Å²) in [4.78, 5) is 27.9. The van der Waals surface area contributed by atoms with Gasteiger partial charge in [0.05, 0.1) is 4.88 Å². The van der Waals surface area contributed by atoms with Gasteiger partial charge in [0.1, 0.15) is 6.61 Å². The Bertz CT molecular complexity index is 1080. The fourth-order valence-electron chi connectivity index (χ4n) is 3.57. The highest BCUT2D eigenvalue weighted by Gasteiger charge is 2.29. The number of para-hydroxylation sites is 2. The van der Waals surface area contributed by atoms with Crippen molar-refractivity contribution in [1.82, 2.24) is 0 Å². The van der Waals surface area contributed by atoms with E-state index in [9.17, 15) is 9.59 Å². The second kappa shape index (κ2) is 7.25. The minimum atomic E-state index is -0.734. The third-order valence-electron chi connectivity index (χ3n) is 5.03. The quantitative estimate of drug-likeness (QED) is 0.720. The number of rotatable bonds is 3. The number of hydrogen-bond donors (Lipinski definition) is 1. The van der Waals surface area contributed by atoms with Crippen LogP contribution in [0.25, 0.3) is 0 Å². The zero-order chi connectivity index (χ0) is 19.8. The minimum absolute atomic E-state index is 0.0113. The van der Waals surface area contributed by atoms with Crippen LogP contribution < -0.4 is 19.7 Å². The van der Waals surface area contributed by atoms with Crippen LogP contribution in [0.2, 0.25) is 0 Å². The number of nitrogens with one attached hydrogen (secondary N) is 1. The topological polar surface area (TPSA) is 67.9 Å². The van der Waals surface area contributed by atoms with Crippen molar-refractivity contribution in [2.75, 3.05) is 23.4 Å². The monoisotopic (exact) mass is 406 g/mol. The Kier molecular flexibility index (Phi) is 4.44. The number of ether oxygens (including phenoxy) is 2. The van der Waals surface area contributed by atoms with Crippen molar-refractivity contribution in [3.8, 4) is 11.5 Å². The molecule has 2 amide bonds. The molecule has 2 aliphatic rings. The molecule has 0 saturated heterocycles. The van der Waals surface area contributed by atoms with Gasteiger partial charge in [0.15, 0.2) is 11.5 Å². The Balaban J connectivity index is 1.32. The van der Waals surface area contributed by atoms with Crippen LogP contribution in [0.1, 0.15) is 15.2 Å². The van der Waals surface area contributed by atoms with Crippen LogP contribution in [0.5, 0.6) is 11.5 Å². The zero-order valence-corrected chi connectivity index (χ0v) is 16.3. The maximum absolute atomic E-state index is 12.8. The number of anilines is 2. The molecule has 3 aromatic rings. The van der Waals surface area contributed by atoms with Crippen molar-refractivity contribution < 1.29 is 19.1 Å². The van der Waals surface area contributed by atoms with Gasteiger partial charge in [0.25, 0.3) is 11.8 Å². The van der Waals surface area contributed by atoms with Gasteiger partial charge in [-0.3, -0.25) is 9.59 Å². The summed E-state index contributed by atoms with van der Waals surface area (Å²) in [6.45, 7) is 0.788. The standard InChI is InChI=1S/C22H18N2O4S/c25-21(19-13-27-17-4-1-2-5-18(17)28-19)23-15-8-7-14-9-10-24(16(14)12-15)22(26)20-6-3-11-29-20/h1-8,11-12,19H,9-10,13H2,(H,23,25). The Morgan fingerprint density at radius 2 is 1.93 bits per heavy atom. The summed E-state index contributed by atoms with van der Waals surface area (Å²) in [6.07, 6.45) is 0.0684. The third-order valence-corrected chi connectivity index (χ3v) is 5.88. The smallest absolute Gasteiger partial charge is 0.269 e. The molecule has 0 spiro atoms. The molecular weight excluding hydrogens is 388 g/mol. The second-order valence-corrected chi connectivity index (χ2v) is 7.83. The van der Waals surface area contributed by atoms with E-state index in [1.807, 2.05) is 53.9 Å². The van der Waals surface area contributed by atoms with Gasteiger partial charge < -0.3 is 19.7 Å². The van der Waals surface area contributed by atoms with E-state index in [0.29, 0.717) is 28.6 Å².